The van der Waals surface area contributed by atoms with Crippen LogP contribution in [0.4, 0.5) is 0 Å². The van der Waals surface area contributed by atoms with Gasteiger partial charge in [0.15, 0.2) is 0 Å². The molecular formula is C41H74O4. The lowest BCUT2D eigenvalue weighted by Crippen LogP contribution is -2.18. The Morgan fingerprint density at radius 3 is 1.38 bits per heavy atom. The Hall–Kier alpha value is -1.84. The predicted octanol–water partition coefficient (Wildman–Crippen LogP) is 13.4. The zero-order valence-corrected chi connectivity index (χ0v) is 29.9. The zero-order chi connectivity index (χ0) is 32.9. The summed E-state index contributed by atoms with van der Waals surface area (Å²) in [7, 11) is 0. The molecule has 0 saturated heterocycles. The summed E-state index contributed by atoms with van der Waals surface area (Å²) in [6.07, 6.45) is 47.3. The summed E-state index contributed by atoms with van der Waals surface area (Å²) in [5.41, 5.74) is 0. The molecule has 0 aliphatic carbocycles. The lowest BCUT2D eigenvalue weighted by molar-refractivity contribution is -0.150. The van der Waals surface area contributed by atoms with Crippen LogP contribution in [0.15, 0.2) is 36.5 Å². The van der Waals surface area contributed by atoms with Crippen LogP contribution in [0.2, 0.25) is 0 Å². The average Bonchev–Trinajstić information content (AvgIpc) is 3.02. The van der Waals surface area contributed by atoms with Crippen LogP contribution < -0.4 is 0 Å². The molecule has 0 aliphatic rings. The molecule has 0 aromatic heterocycles. The summed E-state index contributed by atoms with van der Waals surface area (Å²) in [4.78, 5) is 23.3. The first kappa shape index (κ1) is 43.2. The van der Waals surface area contributed by atoms with Crippen molar-refractivity contribution in [2.75, 3.05) is 0 Å². The highest BCUT2D eigenvalue weighted by molar-refractivity contribution is 5.69. The Labute approximate surface area is 279 Å². The van der Waals surface area contributed by atoms with Crippen LogP contribution in [0, 0.1) is 0 Å². The molecule has 0 radical (unpaired) electrons. The molecule has 1 unspecified atom stereocenters. The number of hydrogen-bond acceptors (Lipinski definition) is 3. The molecule has 4 heteroatoms. The maximum Gasteiger partial charge on any atom is 0.306 e. The van der Waals surface area contributed by atoms with Crippen LogP contribution in [0.5, 0.6) is 0 Å². The smallest absolute Gasteiger partial charge is 0.306 e. The summed E-state index contributed by atoms with van der Waals surface area (Å²) in [5, 5.41) is 8.80. The number of hydrogen-bond donors (Lipinski definition) is 1. The minimum Gasteiger partial charge on any atom is -0.481 e. The minimum absolute atomic E-state index is 0.0109. The quantitative estimate of drug-likeness (QED) is 0.0430. The number of carbonyl (C=O) groups excluding carboxylic acids is 1. The molecule has 0 amide bonds. The number of carbonyl (C=O) groups is 2. The summed E-state index contributed by atoms with van der Waals surface area (Å²) >= 11 is 0. The molecule has 0 heterocycles. The number of carboxylic acids is 1. The SMILES string of the molecule is CCCCC/C=C\C/C=C\C/C=C\CCCCCCCCC(=O)OC(CCCCCCCCCC)CCCCCCCC(=O)O. The van der Waals surface area contributed by atoms with Gasteiger partial charge >= 0.3 is 11.9 Å². The van der Waals surface area contributed by atoms with E-state index in [9.17, 15) is 9.59 Å². The second-order valence-electron chi connectivity index (χ2n) is 13.1. The van der Waals surface area contributed by atoms with Gasteiger partial charge in [-0.25, -0.2) is 0 Å². The van der Waals surface area contributed by atoms with Gasteiger partial charge in [-0.05, 0) is 77.0 Å². The highest BCUT2D eigenvalue weighted by Gasteiger charge is 2.14. The number of carboxylic acid groups (broad SMARTS) is 1. The molecule has 0 rings (SSSR count). The molecule has 1 N–H and O–H groups in total. The maximum atomic E-state index is 12.6. The van der Waals surface area contributed by atoms with E-state index in [2.05, 4.69) is 50.3 Å². The van der Waals surface area contributed by atoms with E-state index in [0.717, 1.165) is 77.0 Å². The van der Waals surface area contributed by atoms with Gasteiger partial charge in [-0.15, -0.1) is 0 Å². The molecule has 262 valence electrons. The first-order chi connectivity index (χ1) is 22.1. The van der Waals surface area contributed by atoms with Crippen LogP contribution in [-0.4, -0.2) is 23.1 Å². The topological polar surface area (TPSA) is 63.6 Å². The number of rotatable bonds is 35. The van der Waals surface area contributed by atoms with Crippen LogP contribution in [0.1, 0.15) is 206 Å². The Morgan fingerprint density at radius 1 is 0.489 bits per heavy atom. The van der Waals surface area contributed by atoms with Crippen molar-refractivity contribution < 1.29 is 19.4 Å². The fraction of sp³-hybridized carbons (Fsp3) is 0.805. The normalized spacial score (nSPS) is 12.6. The molecule has 0 saturated carbocycles. The molecule has 45 heavy (non-hydrogen) atoms. The van der Waals surface area contributed by atoms with Crippen molar-refractivity contribution in [3.8, 4) is 0 Å². The van der Waals surface area contributed by atoms with E-state index in [0.29, 0.717) is 6.42 Å². The molecule has 0 aromatic rings. The number of aliphatic carboxylic acids is 1. The van der Waals surface area contributed by atoms with E-state index >= 15 is 0 Å². The van der Waals surface area contributed by atoms with Crippen molar-refractivity contribution in [1.29, 1.82) is 0 Å². The van der Waals surface area contributed by atoms with Gasteiger partial charge < -0.3 is 9.84 Å². The minimum atomic E-state index is -0.703. The Morgan fingerprint density at radius 2 is 0.867 bits per heavy atom. The highest BCUT2D eigenvalue weighted by Crippen LogP contribution is 2.19. The van der Waals surface area contributed by atoms with Crippen molar-refractivity contribution in [1.82, 2.24) is 0 Å². The molecule has 4 nitrogen and oxygen atoms in total. The second kappa shape index (κ2) is 36.6. The van der Waals surface area contributed by atoms with Crippen molar-refractivity contribution in [3.63, 3.8) is 0 Å². The van der Waals surface area contributed by atoms with Gasteiger partial charge in [0, 0.05) is 12.8 Å². The number of ether oxygens (including phenoxy) is 1. The lowest BCUT2D eigenvalue weighted by atomic mass is 10.0. The average molecular weight is 631 g/mol. The fourth-order valence-corrected chi connectivity index (χ4v) is 5.72. The van der Waals surface area contributed by atoms with Gasteiger partial charge in [0.05, 0.1) is 0 Å². The number of esters is 1. The molecule has 0 aromatic carbocycles. The molecule has 0 aliphatic heterocycles. The van der Waals surface area contributed by atoms with Gasteiger partial charge in [0.1, 0.15) is 6.10 Å². The van der Waals surface area contributed by atoms with Gasteiger partial charge in [-0.2, -0.15) is 0 Å². The Bertz CT molecular complexity index is 723. The van der Waals surface area contributed by atoms with Crippen LogP contribution in [0.25, 0.3) is 0 Å². The van der Waals surface area contributed by atoms with Crippen molar-refractivity contribution in [3.05, 3.63) is 36.5 Å². The third-order valence-electron chi connectivity index (χ3n) is 8.61. The third-order valence-corrected chi connectivity index (χ3v) is 8.61. The molecule has 0 fully saturated rings. The zero-order valence-electron chi connectivity index (χ0n) is 29.9. The Balaban J connectivity index is 3.96. The first-order valence-electron chi connectivity index (χ1n) is 19.5. The van der Waals surface area contributed by atoms with Crippen molar-refractivity contribution in [2.45, 2.75) is 213 Å². The monoisotopic (exact) mass is 631 g/mol. The van der Waals surface area contributed by atoms with Crippen LogP contribution in [-0.2, 0) is 14.3 Å². The van der Waals surface area contributed by atoms with Crippen molar-refractivity contribution >= 4 is 11.9 Å². The largest absolute Gasteiger partial charge is 0.481 e. The van der Waals surface area contributed by atoms with Crippen LogP contribution in [0.3, 0.4) is 0 Å². The van der Waals surface area contributed by atoms with Crippen LogP contribution >= 0.6 is 0 Å². The van der Waals surface area contributed by atoms with E-state index in [1.807, 2.05) is 0 Å². The van der Waals surface area contributed by atoms with E-state index in [-0.39, 0.29) is 18.5 Å². The maximum absolute atomic E-state index is 12.6. The summed E-state index contributed by atoms with van der Waals surface area (Å²) in [5.74, 6) is -0.713. The molecule has 0 spiro atoms. The Kier molecular flexibility index (Phi) is 35.1. The lowest BCUT2D eigenvalue weighted by Gasteiger charge is -2.18. The first-order valence-corrected chi connectivity index (χ1v) is 19.5. The molecule has 0 bridgehead atoms. The van der Waals surface area contributed by atoms with E-state index in [1.165, 1.54) is 103 Å². The highest BCUT2D eigenvalue weighted by atomic mass is 16.5. The second-order valence-corrected chi connectivity index (χ2v) is 13.1. The van der Waals surface area contributed by atoms with Gasteiger partial charge in [-0.1, -0.05) is 153 Å². The van der Waals surface area contributed by atoms with Crippen molar-refractivity contribution in [2.24, 2.45) is 0 Å². The van der Waals surface area contributed by atoms with E-state index < -0.39 is 5.97 Å². The standard InChI is InChI=1S/C41H74O4/c1-3-5-7-9-11-13-14-15-16-17-18-19-20-21-22-23-25-30-34-38-41(44)45-39(35-31-27-24-12-10-8-6-4-2)36-32-28-26-29-33-37-40(42)43/h11,13,15-16,18-19,39H,3-10,12,14,17,20-38H2,1-2H3,(H,42,43)/b13-11-,16-15-,19-18-. The van der Waals surface area contributed by atoms with E-state index in [4.69, 9.17) is 9.84 Å². The molecule has 1 atom stereocenters. The van der Waals surface area contributed by atoms with Gasteiger partial charge in [-0.3, -0.25) is 9.59 Å². The third kappa shape index (κ3) is 36.5. The van der Waals surface area contributed by atoms with Gasteiger partial charge in [0.25, 0.3) is 0 Å². The fourth-order valence-electron chi connectivity index (χ4n) is 5.72. The molecular weight excluding hydrogens is 556 g/mol. The predicted molar refractivity (Wildman–Crippen MR) is 195 cm³/mol. The van der Waals surface area contributed by atoms with Gasteiger partial charge in [0.2, 0.25) is 0 Å². The summed E-state index contributed by atoms with van der Waals surface area (Å²) < 4.78 is 5.97. The number of unbranched alkanes of at least 4 members (excludes halogenated alkanes) is 20. The van der Waals surface area contributed by atoms with E-state index in [1.54, 1.807) is 0 Å². The summed E-state index contributed by atoms with van der Waals surface area (Å²) in [6, 6.07) is 0. The summed E-state index contributed by atoms with van der Waals surface area (Å²) in [6.45, 7) is 4.51. The number of allylic oxidation sites excluding steroid dienone is 6.